The normalized spacial score (nSPS) is 13.2. The summed E-state index contributed by atoms with van der Waals surface area (Å²) in [5.74, 6) is 0. The number of hydrogen-bond acceptors (Lipinski definition) is 4. The molecule has 146 valence electrons. The van der Waals surface area contributed by atoms with Crippen molar-refractivity contribution < 1.29 is 17.7 Å². The minimum Gasteiger partial charge on any atom is -0.394 e. The summed E-state index contributed by atoms with van der Waals surface area (Å²) in [6, 6.07) is 3.90. The van der Waals surface area contributed by atoms with E-state index in [-0.39, 0.29) is 12.2 Å². The molecule has 0 unspecified atom stereocenters. The molecule has 0 aromatic heterocycles. The number of hydrogen-bond donors (Lipinski definition) is 0. The fraction of sp³-hybridized carbons (Fsp3) is 1.00. The van der Waals surface area contributed by atoms with Crippen molar-refractivity contribution in [2.24, 2.45) is 0 Å². The minimum absolute atomic E-state index is 0.196. The average Bonchev–Trinajstić information content (AvgIpc) is 2.53. The van der Waals surface area contributed by atoms with Crippen molar-refractivity contribution in [2.45, 2.75) is 105 Å². The predicted molar refractivity (Wildman–Crippen MR) is 107 cm³/mol. The van der Waals surface area contributed by atoms with Crippen molar-refractivity contribution in [1.82, 2.24) is 0 Å². The Bertz CT molecular complexity index is 293. The van der Waals surface area contributed by atoms with Crippen LogP contribution in [0.4, 0.5) is 0 Å². The summed E-state index contributed by atoms with van der Waals surface area (Å²) in [6.45, 7) is 18.7. The van der Waals surface area contributed by atoms with Gasteiger partial charge in [0.05, 0.1) is 0 Å². The van der Waals surface area contributed by atoms with Crippen LogP contribution in [0.1, 0.15) is 68.2 Å². The van der Waals surface area contributed by atoms with Crippen LogP contribution in [-0.4, -0.2) is 42.5 Å². The molecule has 0 aliphatic carbocycles. The Morgan fingerprint density at radius 3 is 1.29 bits per heavy atom. The topological polar surface area (TPSA) is 36.9 Å². The van der Waals surface area contributed by atoms with E-state index >= 15 is 0 Å². The van der Waals surface area contributed by atoms with Gasteiger partial charge in [-0.1, -0.05) is 27.7 Å². The molecule has 0 heterocycles. The SMILES string of the molecule is CCCO[Si](CC)(CC[Si](CC)(OC(C)C)OC(C)C)OCCC. The van der Waals surface area contributed by atoms with E-state index in [0.717, 1.165) is 50.2 Å². The molecule has 6 heteroatoms. The molecule has 0 rings (SSSR count). The maximum Gasteiger partial charge on any atom is 0.338 e. The van der Waals surface area contributed by atoms with E-state index in [2.05, 4.69) is 55.4 Å². The molecule has 0 aromatic rings. The number of rotatable bonds is 15. The lowest BCUT2D eigenvalue weighted by atomic mass is 10.5. The van der Waals surface area contributed by atoms with Crippen LogP contribution in [0.25, 0.3) is 0 Å². The smallest absolute Gasteiger partial charge is 0.338 e. The Morgan fingerprint density at radius 1 is 0.625 bits per heavy atom. The maximum atomic E-state index is 6.37. The van der Waals surface area contributed by atoms with E-state index < -0.39 is 17.1 Å². The van der Waals surface area contributed by atoms with Crippen molar-refractivity contribution in [1.29, 1.82) is 0 Å². The zero-order valence-electron chi connectivity index (χ0n) is 17.4. The van der Waals surface area contributed by atoms with Gasteiger partial charge in [-0.25, -0.2) is 0 Å². The Hall–Kier alpha value is 0.274. The molecule has 0 aliphatic rings. The third kappa shape index (κ3) is 9.10. The first-order valence-electron chi connectivity index (χ1n) is 9.92. The third-order valence-corrected chi connectivity index (χ3v) is 11.9. The van der Waals surface area contributed by atoms with Crippen molar-refractivity contribution in [3.05, 3.63) is 0 Å². The molecule has 0 saturated heterocycles. The highest BCUT2D eigenvalue weighted by molar-refractivity contribution is 6.73. The molecule has 0 aliphatic heterocycles. The van der Waals surface area contributed by atoms with Gasteiger partial charge in [0.15, 0.2) is 0 Å². The van der Waals surface area contributed by atoms with E-state index in [9.17, 15) is 0 Å². The lowest BCUT2D eigenvalue weighted by Crippen LogP contribution is -2.49. The summed E-state index contributed by atoms with van der Waals surface area (Å²) in [5, 5.41) is 0. The van der Waals surface area contributed by atoms with Gasteiger partial charge >= 0.3 is 17.1 Å². The highest BCUT2D eigenvalue weighted by atomic mass is 28.4. The molecule has 0 aromatic carbocycles. The largest absolute Gasteiger partial charge is 0.394 e. The van der Waals surface area contributed by atoms with Crippen LogP contribution in [0, 0.1) is 0 Å². The van der Waals surface area contributed by atoms with Gasteiger partial charge in [0.25, 0.3) is 0 Å². The fourth-order valence-corrected chi connectivity index (χ4v) is 10.9. The van der Waals surface area contributed by atoms with E-state index in [1.807, 2.05) is 0 Å². The van der Waals surface area contributed by atoms with Gasteiger partial charge in [-0.2, -0.15) is 0 Å². The second-order valence-electron chi connectivity index (χ2n) is 7.06. The fourth-order valence-electron chi connectivity index (χ4n) is 2.87. The van der Waals surface area contributed by atoms with Crippen LogP contribution in [-0.2, 0) is 17.7 Å². The summed E-state index contributed by atoms with van der Waals surface area (Å²) < 4.78 is 25.4. The maximum absolute atomic E-state index is 6.37. The first-order valence-corrected chi connectivity index (χ1v) is 14.4. The zero-order valence-corrected chi connectivity index (χ0v) is 19.4. The van der Waals surface area contributed by atoms with Gasteiger partial charge in [-0.15, -0.1) is 0 Å². The highest BCUT2D eigenvalue weighted by Crippen LogP contribution is 2.31. The Morgan fingerprint density at radius 2 is 1.00 bits per heavy atom. The molecule has 0 spiro atoms. The average molecular weight is 379 g/mol. The lowest BCUT2D eigenvalue weighted by Gasteiger charge is -2.37. The molecule has 0 N–H and O–H groups in total. The van der Waals surface area contributed by atoms with Crippen molar-refractivity contribution in [2.75, 3.05) is 13.2 Å². The molecule has 0 bridgehead atoms. The first-order chi connectivity index (χ1) is 11.3. The van der Waals surface area contributed by atoms with Crippen LogP contribution in [0.3, 0.4) is 0 Å². The van der Waals surface area contributed by atoms with Crippen LogP contribution in [0.15, 0.2) is 0 Å². The summed E-state index contributed by atoms with van der Waals surface area (Å²) in [5.41, 5.74) is 0. The van der Waals surface area contributed by atoms with Crippen LogP contribution >= 0.6 is 0 Å². The molecule has 0 atom stereocenters. The molecule has 0 radical (unpaired) electrons. The molecule has 0 saturated carbocycles. The molecule has 4 nitrogen and oxygen atoms in total. The predicted octanol–water partition coefficient (Wildman–Crippen LogP) is 5.61. The lowest BCUT2D eigenvalue weighted by molar-refractivity contribution is 0.104. The van der Waals surface area contributed by atoms with Gasteiger partial charge in [-0.3, -0.25) is 0 Å². The Labute approximate surface area is 153 Å². The van der Waals surface area contributed by atoms with E-state index in [4.69, 9.17) is 17.7 Å². The van der Waals surface area contributed by atoms with Crippen LogP contribution < -0.4 is 0 Å². The Balaban J connectivity index is 5.17. The summed E-state index contributed by atoms with van der Waals surface area (Å²) in [4.78, 5) is 0. The third-order valence-electron chi connectivity index (χ3n) is 4.00. The van der Waals surface area contributed by atoms with Gasteiger partial charge < -0.3 is 17.7 Å². The van der Waals surface area contributed by atoms with E-state index in [1.165, 1.54) is 0 Å². The molecular formula is C18H42O4Si2. The van der Waals surface area contributed by atoms with Crippen molar-refractivity contribution in [3.8, 4) is 0 Å². The van der Waals surface area contributed by atoms with Crippen LogP contribution in [0.5, 0.6) is 0 Å². The van der Waals surface area contributed by atoms with E-state index in [0.29, 0.717) is 0 Å². The summed E-state index contributed by atoms with van der Waals surface area (Å²) in [7, 11) is -4.39. The van der Waals surface area contributed by atoms with Gasteiger partial charge in [0, 0.05) is 25.4 Å². The second-order valence-corrected chi connectivity index (χ2v) is 14.2. The quantitative estimate of drug-likeness (QED) is 0.347. The molecular weight excluding hydrogens is 336 g/mol. The zero-order chi connectivity index (χ0) is 18.6. The summed E-state index contributed by atoms with van der Waals surface area (Å²) >= 11 is 0. The second kappa shape index (κ2) is 12.6. The van der Waals surface area contributed by atoms with Crippen LogP contribution in [0.2, 0.25) is 24.2 Å². The van der Waals surface area contributed by atoms with Crippen molar-refractivity contribution >= 4 is 17.1 Å². The monoisotopic (exact) mass is 378 g/mol. The summed E-state index contributed by atoms with van der Waals surface area (Å²) in [6.07, 6.45) is 2.46. The Kier molecular flexibility index (Phi) is 12.7. The van der Waals surface area contributed by atoms with E-state index in [1.54, 1.807) is 0 Å². The molecule has 24 heavy (non-hydrogen) atoms. The molecule has 0 amide bonds. The first kappa shape index (κ1) is 24.3. The minimum atomic E-state index is -2.23. The standard InChI is InChI=1S/C18H42O4Si2/c1-9-13-19-23(11-3,20-14-10-2)15-16-24(12-4,21-17(5)6)22-18(7)8/h17-18H,9-16H2,1-8H3. The van der Waals surface area contributed by atoms with Gasteiger partial charge in [0.2, 0.25) is 0 Å². The van der Waals surface area contributed by atoms with Crippen molar-refractivity contribution in [3.63, 3.8) is 0 Å². The van der Waals surface area contributed by atoms with Gasteiger partial charge in [-0.05, 0) is 64.7 Å². The highest BCUT2D eigenvalue weighted by Gasteiger charge is 2.44. The molecule has 0 fully saturated rings. The van der Waals surface area contributed by atoms with Gasteiger partial charge in [0.1, 0.15) is 0 Å².